The van der Waals surface area contributed by atoms with Gasteiger partial charge in [0, 0.05) is 43.8 Å². The molecule has 1 aromatic heterocycles. The SMILES string of the molecule is CCOCCOCc1cccc(CNC(=NC)NCCc2c[nH]c3cc(C)ccc23)c1.I. The summed E-state index contributed by atoms with van der Waals surface area (Å²) in [4.78, 5) is 7.71. The van der Waals surface area contributed by atoms with E-state index in [2.05, 4.69) is 76.2 Å². The minimum absolute atomic E-state index is 0. The molecule has 32 heavy (non-hydrogen) atoms. The van der Waals surface area contributed by atoms with Crippen molar-refractivity contribution in [2.24, 2.45) is 4.99 Å². The number of rotatable bonds is 11. The zero-order valence-corrected chi connectivity index (χ0v) is 21.6. The molecule has 6 nitrogen and oxygen atoms in total. The van der Waals surface area contributed by atoms with E-state index in [-0.39, 0.29) is 24.0 Å². The number of H-pyrrole nitrogens is 1. The van der Waals surface area contributed by atoms with Crippen LogP contribution in [0, 0.1) is 6.92 Å². The van der Waals surface area contributed by atoms with Crippen molar-refractivity contribution >= 4 is 40.8 Å². The second-order valence-electron chi connectivity index (χ2n) is 7.53. The van der Waals surface area contributed by atoms with E-state index < -0.39 is 0 Å². The van der Waals surface area contributed by atoms with Gasteiger partial charge in [0.05, 0.1) is 19.8 Å². The monoisotopic (exact) mass is 550 g/mol. The van der Waals surface area contributed by atoms with Crippen LogP contribution in [0.3, 0.4) is 0 Å². The van der Waals surface area contributed by atoms with Crippen LogP contribution >= 0.6 is 24.0 Å². The molecule has 0 unspecified atom stereocenters. The lowest BCUT2D eigenvalue weighted by atomic mass is 10.1. The van der Waals surface area contributed by atoms with Crippen LogP contribution in [-0.2, 0) is 29.0 Å². The number of fused-ring (bicyclic) bond motifs is 1. The molecule has 0 fully saturated rings. The van der Waals surface area contributed by atoms with Crippen LogP contribution in [-0.4, -0.2) is 44.4 Å². The Balaban J connectivity index is 0.00000363. The first-order valence-electron chi connectivity index (χ1n) is 10.9. The van der Waals surface area contributed by atoms with Crippen molar-refractivity contribution in [2.45, 2.75) is 33.4 Å². The van der Waals surface area contributed by atoms with Gasteiger partial charge in [-0.25, -0.2) is 0 Å². The lowest BCUT2D eigenvalue weighted by Gasteiger charge is -2.12. The van der Waals surface area contributed by atoms with Crippen LogP contribution in [0.1, 0.15) is 29.2 Å². The highest BCUT2D eigenvalue weighted by Crippen LogP contribution is 2.19. The first kappa shape index (κ1) is 26.2. The van der Waals surface area contributed by atoms with Gasteiger partial charge in [0.2, 0.25) is 0 Å². The molecule has 7 heteroatoms. The third-order valence-electron chi connectivity index (χ3n) is 5.13. The molecule has 0 aliphatic heterocycles. The van der Waals surface area contributed by atoms with Crippen LogP contribution in [0.5, 0.6) is 0 Å². The molecule has 0 aliphatic carbocycles. The Morgan fingerprint density at radius 3 is 2.66 bits per heavy atom. The highest BCUT2D eigenvalue weighted by molar-refractivity contribution is 14.0. The van der Waals surface area contributed by atoms with Crippen LogP contribution in [0.25, 0.3) is 10.9 Å². The second-order valence-corrected chi connectivity index (χ2v) is 7.53. The van der Waals surface area contributed by atoms with E-state index >= 15 is 0 Å². The molecular formula is C25H35IN4O2. The summed E-state index contributed by atoms with van der Waals surface area (Å²) in [5.41, 5.74) is 6.13. The van der Waals surface area contributed by atoms with E-state index in [1.54, 1.807) is 7.05 Å². The van der Waals surface area contributed by atoms with E-state index in [4.69, 9.17) is 9.47 Å². The van der Waals surface area contributed by atoms with E-state index in [0.717, 1.165) is 31.1 Å². The zero-order chi connectivity index (χ0) is 21.9. The second kappa shape index (κ2) is 14.1. The van der Waals surface area contributed by atoms with Crippen LogP contribution in [0.2, 0.25) is 0 Å². The molecule has 0 saturated carbocycles. The van der Waals surface area contributed by atoms with Crippen molar-refractivity contribution in [1.82, 2.24) is 15.6 Å². The maximum atomic E-state index is 5.66. The summed E-state index contributed by atoms with van der Waals surface area (Å²) in [6, 6.07) is 15.0. The van der Waals surface area contributed by atoms with E-state index in [0.29, 0.717) is 26.4 Å². The van der Waals surface area contributed by atoms with Gasteiger partial charge in [0.15, 0.2) is 5.96 Å². The molecule has 0 spiro atoms. The number of hydrogen-bond donors (Lipinski definition) is 3. The minimum Gasteiger partial charge on any atom is -0.379 e. The largest absolute Gasteiger partial charge is 0.379 e. The van der Waals surface area contributed by atoms with Gasteiger partial charge in [0.25, 0.3) is 0 Å². The number of aromatic nitrogens is 1. The normalized spacial score (nSPS) is 11.4. The van der Waals surface area contributed by atoms with E-state index in [1.165, 1.54) is 27.6 Å². The molecule has 3 N–H and O–H groups in total. The average Bonchev–Trinajstić information content (AvgIpc) is 3.18. The minimum atomic E-state index is 0. The molecule has 0 aliphatic rings. The predicted molar refractivity (Wildman–Crippen MR) is 143 cm³/mol. The Kier molecular flexibility index (Phi) is 11.5. The summed E-state index contributed by atoms with van der Waals surface area (Å²) in [6.45, 7) is 8.19. The lowest BCUT2D eigenvalue weighted by molar-refractivity contribution is 0.0453. The number of benzene rings is 2. The number of aliphatic imine (C=N–C) groups is 1. The predicted octanol–water partition coefficient (Wildman–Crippen LogP) is 4.56. The Morgan fingerprint density at radius 1 is 1.03 bits per heavy atom. The smallest absolute Gasteiger partial charge is 0.191 e. The summed E-state index contributed by atoms with van der Waals surface area (Å²) in [5, 5.41) is 8.09. The summed E-state index contributed by atoms with van der Waals surface area (Å²) in [5.74, 6) is 0.800. The first-order chi connectivity index (χ1) is 15.2. The van der Waals surface area contributed by atoms with Crippen molar-refractivity contribution in [3.8, 4) is 0 Å². The quantitative estimate of drug-likeness (QED) is 0.142. The molecule has 1 heterocycles. The van der Waals surface area contributed by atoms with Crippen molar-refractivity contribution in [3.63, 3.8) is 0 Å². The Labute approximate surface area is 208 Å². The average molecular weight is 550 g/mol. The molecule has 0 bridgehead atoms. The fraction of sp³-hybridized carbons (Fsp3) is 0.400. The number of aryl methyl sites for hydroxylation is 1. The zero-order valence-electron chi connectivity index (χ0n) is 19.2. The fourth-order valence-electron chi connectivity index (χ4n) is 3.51. The van der Waals surface area contributed by atoms with Gasteiger partial charge >= 0.3 is 0 Å². The topological polar surface area (TPSA) is 70.7 Å². The van der Waals surface area contributed by atoms with Crippen molar-refractivity contribution in [1.29, 1.82) is 0 Å². The van der Waals surface area contributed by atoms with Crippen LogP contribution in [0.15, 0.2) is 53.7 Å². The molecule has 3 rings (SSSR count). The molecule has 3 aromatic rings. The third-order valence-corrected chi connectivity index (χ3v) is 5.13. The molecule has 174 valence electrons. The van der Waals surface area contributed by atoms with Crippen molar-refractivity contribution in [2.75, 3.05) is 33.4 Å². The Morgan fingerprint density at radius 2 is 1.84 bits per heavy atom. The number of nitrogens with one attached hydrogen (secondary N) is 3. The molecule has 0 saturated heterocycles. The van der Waals surface area contributed by atoms with Gasteiger partial charge in [-0.2, -0.15) is 0 Å². The van der Waals surface area contributed by atoms with Gasteiger partial charge < -0.3 is 25.1 Å². The van der Waals surface area contributed by atoms with Crippen LogP contribution in [0.4, 0.5) is 0 Å². The highest BCUT2D eigenvalue weighted by Gasteiger charge is 2.05. The third kappa shape index (κ3) is 8.11. The number of guanidine groups is 1. The number of halogens is 1. The molecule has 0 atom stereocenters. The van der Waals surface area contributed by atoms with E-state index in [9.17, 15) is 0 Å². The standard InChI is InChI=1S/C25H34N4O2.HI/c1-4-30-12-13-31-18-21-7-5-6-20(15-21)16-29-25(26-3)27-11-10-22-17-28-24-14-19(2)8-9-23(22)24;/h5-9,14-15,17,28H,4,10-13,16,18H2,1-3H3,(H2,26,27,29);1H. The summed E-state index contributed by atoms with van der Waals surface area (Å²) in [7, 11) is 1.80. The highest BCUT2D eigenvalue weighted by atomic mass is 127. The van der Waals surface area contributed by atoms with Gasteiger partial charge in [-0.15, -0.1) is 24.0 Å². The lowest BCUT2D eigenvalue weighted by Crippen LogP contribution is -2.37. The van der Waals surface area contributed by atoms with Gasteiger partial charge in [-0.1, -0.05) is 36.4 Å². The Hall–Kier alpha value is -2.10. The summed E-state index contributed by atoms with van der Waals surface area (Å²) < 4.78 is 11.0. The maximum absolute atomic E-state index is 5.66. The summed E-state index contributed by atoms with van der Waals surface area (Å²) >= 11 is 0. The number of aromatic amines is 1. The molecule has 2 aromatic carbocycles. The molecule has 0 radical (unpaired) electrons. The van der Waals surface area contributed by atoms with Crippen molar-refractivity contribution < 1.29 is 9.47 Å². The van der Waals surface area contributed by atoms with Crippen molar-refractivity contribution in [3.05, 3.63) is 70.9 Å². The van der Waals surface area contributed by atoms with Gasteiger partial charge in [-0.05, 0) is 48.6 Å². The fourth-order valence-corrected chi connectivity index (χ4v) is 3.51. The molecule has 0 amide bonds. The molecular weight excluding hydrogens is 515 g/mol. The maximum Gasteiger partial charge on any atom is 0.191 e. The first-order valence-corrected chi connectivity index (χ1v) is 10.9. The number of nitrogens with zero attached hydrogens (tertiary/aromatic N) is 1. The van der Waals surface area contributed by atoms with Gasteiger partial charge in [0.1, 0.15) is 0 Å². The number of ether oxygens (including phenoxy) is 2. The number of hydrogen-bond acceptors (Lipinski definition) is 3. The van der Waals surface area contributed by atoms with E-state index in [1.807, 2.05) is 6.92 Å². The Bertz CT molecular complexity index is 987. The van der Waals surface area contributed by atoms with Crippen LogP contribution < -0.4 is 10.6 Å². The summed E-state index contributed by atoms with van der Waals surface area (Å²) in [6.07, 6.45) is 3.03. The van der Waals surface area contributed by atoms with Gasteiger partial charge in [-0.3, -0.25) is 4.99 Å².